The molecule has 0 radical (unpaired) electrons. The number of benzene rings is 2. The molecule has 5 nitrogen and oxygen atoms in total. The molecule has 1 aromatic heterocycles. The summed E-state index contributed by atoms with van der Waals surface area (Å²) < 4.78 is 39.6. The fraction of sp³-hybridized carbons (Fsp3) is 0.250. The van der Waals surface area contributed by atoms with Crippen LogP contribution in [0.2, 0.25) is 0 Å². The van der Waals surface area contributed by atoms with E-state index in [1.807, 2.05) is 24.3 Å². The first-order valence-corrected chi connectivity index (χ1v) is 8.85. The lowest BCUT2D eigenvalue weighted by molar-refractivity contribution is -0.138. The zero-order valence-electron chi connectivity index (χ0n) is 14.8. The van der Waals surface area contributed by atoms with E-state index in [4.69, 9.17) is 0 Å². The molecule has 0 aliphatic carbocycles. The molecule has 0 saturated carbocycles. The molecule has 1 fully saturated rings. The van der Waals surface area contributed by atoms with Gasteiger partial charge >= 0.3 is 6.18 Å². The first-order valence-electron chi connectivity index (χ1n) is 8.85. The van der Waals surface area contributed by atoms with Crippen molar-refractivity contribution in [3.05, 3.63) is 65.9 Å². The van der Waals surface area contributed by atoms with Crippen molar-refractivity contribution in [1.82, 2.24) is 14.9 Å². The third-order valence-electron chi connectivity index (χ3n) is 4.74. The quantitative estimate of drug-likeness (QED) is 0.740. The summed E-state index contributed by atoms with van der Waals surface area (Å²) in [5, 5.41) is 3.22. The van der Waals surface area contributed by atoms with Crippen LogP contribution in [0, 0.1) is 0 Å². The molecular weight excluding hydrogens is 369 g/mol. The van der Waals surface area contributed by atoms with Crippen molar-refractivity contribution >= 4 is 22.8 Å². The van der Waals surface area contributed by atoms with E-state index in [0.29, 0.717) is 25.3 Å². The third kappa shape index (κ3) is 3.62. The number of para-hydroxylation sites is 2. The zero-order chi connectivity index (χ0) is 19.7. The Labute approximate surface area is 159 Å². The predicted molar refractivity (Wildman–Crippen MR) is 98.9 cm³/mol. The molecule has 1 atom stereocenters. The summed E-state index contributed by atoms with van der Waals surface area (Å²) in [4.78, 5) is 22.9. The molecule has 4 rings (SSSR count). The zero-order valence-corrected chi connectivity index (χ0v) is 14.8. The normalized spacial score (nSPS) is 17.1. The number of nitrogens with one attached hydrogen (secondary N) is 1. The van der Waals surface area contributed by atoms with E-state index in [1.165, 1.54) is 23.1 Å². The molecule has 1 saturated heterocycles. The lowest BCUT2D eigenvalue weighted by Crippen LogP contribution is -2.33. The second kappa shape index (κ2) is 7.10. The fourth-order valence-electron chi connectivity index (χ4n) is 3.39. The molecule has 144 valence electrons. The van der Waals surface area contributed by atoms with Gasteiger partial charge in [-0.15, -0.1) is 0 Å². The van der Waals surface area contributed by atoms with Crippen LogP contribution >= 0.6 is 0 Å². The first kappa shape index (κ1) is 18.2. The molecule has 2 aromatic carbocycles. The van der Waals surface area contributed by atoms with Crippen LogP contribution in [-0.4, -0.2) is 39.9 Å². The number of hydrogen-bond acceptors (Lipinski definition) is 4. The van der Waals surface area contributed by atoms with Crippen LogP contribution in [0.1, 0.15) is 22.3 Å². The van der Waals surface area contributed by atoms with Crippen LogP contribution < -0.4 is 5.32 Å². The molecule has 1 aliphatic heterocycles. The Kier molecular flexibility index (Phi) is 4.62. The number of nitrogens with zero attached hydrogens (tertiary/aromatic N) is 3. The molecule has 1 unspecified atom stereocenters. The maximum Gasteiger partial charge on any atom is 0.417 e. The summed E-state index contributed by atoms with van der Waals surface area (Å²) in [6, 6.07) is 12.2. The van der Waals surface area contributed by atoms with Gasteiger partial charge in [0.2, 0.25) is 0 Å². The monoisotopic (exact) mass is 386 g/mol. The number of carbonyl (C=O) groups excluding carboxylic acids is 1. The smallest absolute Gasteiger partial charge is 0.364 e. The number of hydrogen-bond donors (Lipinski definition) is 1. The Morgan fingerprint density at radius 2 is 1.79 bits per heavy atom. The summed E-state index contributed by atoms with van der Waals surface area (Å²) in [5.74, 6) is -0.0319. The molecule has 8 heteroatoms. The Balaban J connectivity index is 1.47. The molecule has 0 spiro atoms. The fourth-order valence-corrected chi connectivity index (χ4v) is 3.39. The number of rotatable bonds is 3. The van der Waals surface area contributed by atoms with E-state index in [1.54, 1.807) is 6.20 Å². The van der Waals surface area contributed by atoms with Gasteiger partial charge in [0.15, 0.2) is 0 Å². The van der Waals surface area contributed by atoms with Gasteiger partial charge in [0.1, 0.15) is 5.82 Å². The summed E-state index contributed by atoms with van der Waals surface area (Å²) in [5.41, 5.74) is 0.301. The molecule has 2 heterocycles. The Hall–Kier alpha value is -3.16. The summed E-state index contributed by atoms with van der Waals surface area (Å²) >= 11 is 0. The molecule has 3 aromatic rings. The number of halogens is 3. The molecular formula is C20H17F3N4O. The molecule has 1 amide bonds. The highest BCUT2D eigenvalue weighted by molar-refractivity contribution is 5.96. The van der Waals surface area contributed by atoms with Gasteiger partial charge in [0.05, 0.1) is 28.4 Å². The van der Waals surface area contributed by atoms with Crippen molar-refractivity contribution in [3.63, 3.8) is 0 Å². The molecule has 1 N–H and O–H groups in total. The van der Waals surface area contributed by atoms with Crippen LogP contribution in [-0.2, 0) is 6.18 Å². The number of likely N-dealkylation sites (tertiary alicyclic amines) is 1. The van der Waals surface area contributed by atoms with E-state index in [0.717, 1.165) is 17.1 Å². The molecule has 1 aliphatic rings. The predicted octanol–water partition coefficient (Wildman–Crippen LogP) is 3.98. The van der Waals surface area contributed by atoms with Gasteiger partial charge in [-0.05, 0) is 30.7 Å². The van der Waals surface area contributed by atoms with Gasteiger partial charge in [-0.1, -0.05) is 24.3 Å². The lowest BCUT2D eigenvalue weighted by atomic mass is 10.1. The van der Waals surface area contributed by atoms with Gasteiger partial charge in [0.25, 0.3) is 5.91 Å². The summed E-state index contributed by atoms with van der Waals surface area (Å²) in [7, 11) is 0. The van der Waals surface area contributed by atoms with Crippen molar-refractivity contribution < 1.29 is 18.0 Å². The Morgan fingerprint density at radius 3 is 2.57 bits per heavy atom. The second-order valence-corrected chi connectivity index (χ2v) is 6.67. The van der Waals surface area contributed by atoms with Gasteiger partial charge in [-0.25, -0.2) is 4.98 Å². The highest BCUT2D eigenvalue weighted by Crippen LogP contribution is 2.33. The summed E-state index contributed by atoms with van der Waals surface area (Å²) in [6.07, 6.45) is -2.33. The first-order chi connectivity index (χ1) is 13.4. The number of aromatic nitrogens is 2. The molecule has 0 bridgehead atoms. The van der Waals surface area contributed by atoms with Crippen molar-refractivity contribution in [1.29, 1.82) is 0 Å². The standard InChI is InChI=1S/C20H17F3N4O/c21-20(22,23)15-6-2-1-5-14(15)19(28)27-10-9-13(12-27)25-18-11-24-16-7-3-4-8-17(16)26-18/h1-8,11,13H,9-10,12H2,(H,25,26). The van der Waals surface area contributed by atoms with Gasteiger partial charge in [-0.2, -0.15) is 13.2 Å². The number of fused-ring (bicyclic) bond motifs is 1. The maximum absolute atomic E-state index is 13.2. The van der Waals surface area contributed by atoms with E-state index < -0.39 is 17.6 Å². The van der Waals surface area contributed by atoms with E-state index >= 15 is 0 Å². The van der Waals surface area contributed by atoms with Crippen molar-refractivity contribution in [2.24, 2.45) is 0 Å². The average Bonchev–Trinajstić information content (AvgIpc) is 3.15. The Morgan fingerprint density at radius 1 is 1.07 bits per heavy atom. The van der Waals surface area contributed by atoms with Gasteiger partial charge in [-0.3, -0.25) is 9.78 Å². The lowest BCUT2D eigenvalue weighted by Gasteiger charge is -2.20. The second-order valence-electron chi connectivity index (χ2n) is 6.67. The number of alkyl halides is 3. The highest BCUT2D eigenvalue weighted by atomic mass is 19.4. The highest BCUT2D eigenvalue weighted by Gasteiger charge is 2.37. The minimum atomic E-state index is -4.57. The third-order valence-corrected chi connectivity index (χ3v) is 4.74. The van der Waals surface area contributed by atoms with E-state index in [9.17, 15) is 18.0 Å². The molecule has 28 heavy (non-hydrogen) atoms. The summed E-state index contributed by atoms with van der Waals surface area (Å²) in [6.45, 7) is 0.684. The van der Waals surface area contributed by atoms with Crippen molar-refractivity contribution in [3.8, 4) is 0 Å². The van der Waals surface area contributed by atoms with Crippen LogP contribution in [0.3, 0.4) is 0 Å². The van der Waals surface area contributed by atoms with Crippen LogP contribution in [0.4, 0.5) is 19.0 Å². The number of anilines is 1. The van der Waals surface area contributed by atoms with Crippen LogP contribution in [0.25, 0.3) is 11.0 Å². The van der Waals surface area contributed by atoms with Crippen LogP contribution in [0.5, 0.6) is 0 Å². The van der Waals surface area contributed by atoms with Gasteiger partial charge < -0.3 is 10.2 Å². The topological polar surface area (TPSA) is 58.1 Å². The van der Waals surface area contributed by atoms with Gasteiger partial charge in [0, 0.05) is 19.1 Å². The van der Waals surface area contributed by atoms with E-state index in [2.05, 4.69) is 15.3 Å². The minimum Gasteiger partial charge on any atom is -0.364 e. The average molecular weight is 386 g/mol. The van der Waals surface area contributed by atoms with Crippen molar-refractivity contribution in [2.45, 2.75) is 18.6 Å². The Bertz CT molecular complexity index is 1020. The van der Waals surface area contributed by atoms with Crippen LogP contribution in [0.15, 0.2) is 54.7 Å². The number of amides is 1. The number of carbonyl (C=O) groups is 1. The van der Waals surface area contributed by atoms with E-state index in [-0.39, 0.29) is 11.6 Å². The minimum absolute atomic E-state index is 0.0996. The maximum atomic E-state index is 13.2. The SMILES string of the molecule is O=C(c1ccccc1C(F)(F)F)N1CCC(Nc2cnc3ccccc3n2)C1. The van der Waals surface area contributed by atoms with Crippen molar-refractivity contribution in [2.75, 3.05) is 18.4 Å². The largest absolute Gasteiger partial charge is 0.417 e.